The minimum absolute atomic E-state index is 0.413. The maximum atomic E-state index is 12.6. The van der Waals surface area contributed by atoms with Crippen molar-refractivity contribution in [1.29, 1.82) is 0 Å². The first-order valence-electron chi connectivity index (χ1n) is 4.92. The number of alkyl halides is 6. The molecule has 0 radical (unpaired) electrons. The Hall–Kier alpha value is -1.35. The van der Waals surface area contributed by atoms with Crippen LogP contribution in [0.4, 0.5) is 30.7 Å². The molecule has 1 aromatic rings. The highest BCUT2D eigenvalue weighted by Crippen LogP contribution is 2.46. The molecular weight excluding hydrogens is 281 g/mol. The predicted molar refractivity (Wildman–Crippen MR) is 52.1 cm³/mol. The van der Waals surface area contributed by atoms with Crippen molar-refractivity contribution in [2.75, 3.05) is 0 Å². The van der Waals surface area contributed by atoms with Gasteiger partial charge in [-0.3, -0.25) is 11.3 Å². The molecule has 1 atom stereocenters. The molecule has 1 aromatic carbocycles. The first kappa shape index (κ1) is 15.7. The molecule has 0 fully saturated rings. The highest BCUT2D eigenvalue weighted by atomic mass is 19.4. The van der Waals surface area contributed by atoms with Crippen molar-refractivity contribution in [3.8, 4) is 0 Å². The number of nitrogens with one attached hydrogen (secondary N) is 1. The van der Waals surface area contributed by atoms with Crippen molar-refractivity contribution in [3.63, 3.8) is 0 Å². The van der Waals surface area contributed by atoms with E-state index in [-0.39, 0.29) is 0 Å². The quantitative estimate of drug-likeness (QED) is 0.510. The van der Waals surface area contributed by atoms with Crippen LogP contribution in [0.2, 0.25) is 0 Å². The normalized spacial score (nSPS) is 14.8. The largest absolute Gasteiger partial charge is 0.402 e. The van der Waals surface area contributed by atoms with Crippen LogP contribution >= 0.6 is 0 Å². The lowest BCUT2D eigenvalue weighted by molar-refractivity contribution is -0.292. The van der Waals surface area contributed by atoms with Crippen LogP contribution in [-0.2, 0) is 0 Å². The fraction of sp³-hybridized carbons (Fsp3) is 0.400. The van der Waals surface area contributed by atoms with Gasteiger partial charge in [-0.25, -0.2) is 4.39 Å². The summed E-state index contributed by atoms with van der Waals surface area (Å²) in [6, 6.07) is 0.877. The highest BCUT2D eigenvalue weighted by Gasteiger charge is 2.60. The molecule has 19 heavy (non-hydrogen) atoms. The molecule has 3 N–H and O–H groups in total. The van der Waals surface area contributed by atoms with Crippen molar-refractivity contribution in [2.45, 2.75) is 18.4 Å². The van der Waals surface area contributed by atoms with E-state index in [1.54, 1.807) is 0 Å². The Balaban J connectivity index is 3.21. The van der Waals surface area contributed by atoms with Gasteiger partial charge in [0.25, 0.3) is 0 Å². The van der Waals surface area contributed by atoms with E-state index in [0.29, 0.717) is 0 Å². The van der Waals surface area contributed by atoms with Crippen LogP contribution in [0.5, 0.6) is 0 Å². The van der Waals surface area contributed by atoms with E-state index in [1.165, 1.54) is 5.43 Å². The third-order valence-corrected chi connectivity index (χ3v) is 2.45. The van der Waals surface area contributed by atoms with E-state index < -0.39 is 35.7 Å². The van der Waals surface area contributed by atoms with E-state index >= 15 is 0 Å². The zero-order valence-corrected chi connectivity index (χ0v) is 9.19. The van der Waals surface area contributed by atoms with Crippen molar-refractivity contribution in [1.82, 2.24) is 5.43 Å². The number of hydrazine groups is 1. The molecule has 2 nitrogen and oxygen atoms in total. The van der Waals surface area contributed by atoms with Crippen LogP contribution < -0.4 is 11.3 Å². The summed E-state index contributed by atoms with van der Waals surface area (Å²) in [6.45, 7) is 0. The monoisotopic (exact) mass is 290 g/mol. The Labute approximate surface area is 103 Å². The Bertz CT molecular complexity index is 395. The molecule has 0 aromatic heterocycles. The molecule has 0 aliphatic heterocycles. The van der Waals surface area contributed by atoms with Crippen LogP contribution in [0.15, 0.2) is 24.3 Å². The van der Waals surface area contributed by atoms with Gasteiger partial charge in [-0.1, -0.05) is 12.1 Å². The number of rotatable bonds is 3. The molecular formula is C10H9F7N2. The van der Waals surface area contributed by atoms with Crippen molar-refractivity contribution in [3.05, 3.63) is 35.6 Å². The van der Waals surface area contributed by atoms with Crippen molar-refractivity contribution >= 4 is 0 Å². The van der Waals surface area contributed by atoms with Gasteiger partial charge in [0.15, 0.2) is 5.92 Å². The Morgan fingerprint density at radius 3 is 1.63 bits per heavy atom. The van der Waals surface area contributed by atoms with Crippen molar-refractivity contribution < 1.29 is 30.7 Å². The second-order valence-electron chi connectivity index (χ2n) is 3.76. The number of hydrogen-bond acceptors (Lipinski definition) is 2. The Morgan fingerprint density at radius 2 is 1.32 bits per heavy atom. The van der Waals surface area contributed by atoms with Crippen LogP contribution in [0.25, 0.3) is 0 Å². The molecule has 0 spiro atoms. The van der Waals surface area contributed by atoms with E-state index in [0.717, 1.165) is 24.3 Å². The van der Waals surface area contributed by atoms with Crippen molar-refractivity contribution in [2.24, 2.45) is 11.8 Å². The number of nitrogens with two attached hydrogens (primary N) is 1. The lowest BCUT2D eigenvalue weighted by Gasteiger charge is -2.30. The Kier molecular flexibility index (Phi) is 4.41. The third kappa shape index (κ3) is 3.80. The van der Waals surface area contributed by atoms with E-state index in [9.17, 15) is 30.7 Å². The van der Waals surface area contributed by atoms with Gasteiger partial charge < -0.3 is 0 Å². The van der Waals surface area contributed by atoms with Crippen LogP contribution in [-0.4, -0.2) is 12.4 Å². The topological polar surface area (TPSA) is 38.0 Å². The number of benzene rings is 1. The first-order valence-corrected chi connectivity index (χ1v) is 4.92. The molecule has 0 bridgehead atoms. The molecule has 1 rings (SSSR count). The highest BCUT2D eigenvalue weighted by molar-refractivity contribution is 5.21. The molecule has 0 saturated carbocycles. The zero-order valence-electron chi connectivity index (χ0n) is 9.19. The molecule has 0 heterocycles. The molecule has 1 unspecified atom stereocenters. The summed E-state index contributed by atoms with van der Waals surface area (Å²) in [5, 5.41) is 0. The average molecular weight is 290 g/mol. The van der Waals surface area contributed by atoms with Crippen LogP contribution in [0, 0.1) is 11.7 Å². The fourth-order valence-electron chi connectivity index (χ4n) is 1.62. The molecule has 0 aliphatic carbocycles. The smallest absolute Gasteiger partial charge is 0.271 e. The molecule has 9 heteroatoms. The first-order chi connectivity index (χ1) is 8.57. The van der Waals surface area contributed by atoms with Gasteiger partial charge in [0.05, 0.1) is 6.04 Å². The summed E-state index contributed by atoms with van der Waals surface area (Å²) in [7, 11) is 0. The average Bonchev–Trinajstić information content (AvgIpc) is 2.23. The number of halogens is 7. The molecule has 0 saturated heterocycles. The second kappa shape index (κ2) is 5.33. The van der Waals surface area contributed by atoms with Crippen LogP contribution in [0.3, 0.4) is 0 Å². The maximum Gasteiger partial charge on any atom is 0.402 e. The summed E-state index contributed by atoms with van der Waals surface area (Å²) in [6.07, 6.45) is -11.1. The minimum Gasteiger partial charge on any atom is -0.271 e. The minimum atomic E-state index is -5.54. The standard InChI is InChI=1S/C10H9F7N2/c11-6-3-1-5(2-4-6)7(19-18)8(9(12,13)14)10(15,16)17/h1-4,7-8,19H,18H2. The molecule has 108 valence electrons. The van der Waals surface area contributed by atoms with E-state index in [4.69, 9.17) is 5.84 Å². The summed E-state index contributed by atoms with van der Waals surface area (Å²) < 4.78 is 87.8. The summed E-state index contributed by atoms with van der Waals surface area (Å²) in [5.74, 6) is 0.326. The van der Waals surface area contributed by atoms with Gasteiger partial charge >= 0.3 is 12.4 Å². The SMILES string of the molecule is NNC(c1ccc(F)cc1)C(C(F)(F)F)C(F)(F)F. The maximum absolute atomic E-state index is 12.6. The summed E-state index contributed by atoms with van der Waals surface area (Å²) >= 11 is 0. The van der Waals surface area contributed by atoms with E-state index in [2.05, 4.69) is 0 Å². The lowest BCUT2D eigenvalue weighted by Crippen LogP contribution is -2.47. The molecule has 0 aliphatic rings. The Morgan fingerprint density at radius 1 is 0.895 bits per heavy atom. The van der Waals surface area contributed by atoms with E-state index in [1.807, 2.05) is 0 Å². The number of hydrogen-bond donors (Lipinski definition) is 2. The summed E-state index contributed by atoms with van der Waals surface area (Å²) in [5.41, 5.74) is 1.08. The van der Waals surface area contributed by atoms with Gasteiger partial charge in [0.1, 0.15) is 5.82 Å². The van der Waals surface area contributed by atoms with Gasteiger partial charge in [-0.15, -0.1) is 0 Å². The van der Waals surface area contributed by atoms with Gasteiger partial charge in [-0.2, -0.15) is 26.3 Å². The lowest BCUT2D eigenvalue weighted by atomic mass is 9.92. The molecule has 0 amide bonds. The van der Waals surface area contributed by atoms with Gasteiger partial charge in [-0.05, 0) is 17.7 Å². The fourth-order valence-corrected chi connectivity index (χ4v) is 1.62. The predicted octanol–water partition coefficient (Wildman–Crippen LogP) is 3.07. The van der Waals surface area contributed by atoms with Gasteiger partial charge in [0, 0.05) is 0 Å². The zero-order chi connectivity index (χ0) is 14.8. The van der Waals surface area contributed by atoms with Gasteiger partial charge in [0.2, 0.25) is 0 Å². The second-order valence-corrected chi connectivity index (χ2v) is 3.76. The third-order valence-electron chi connectivity index (χ3n) is 2.45. The van der Waals surface area contributed by atoms with Crippen LogP contribution in [0.1, 0.15) is 11.6 Å². The summed E-state index contributed by atoms with van der Waals surface area (Å²) in [4.78, 5) is 0.